The maximum atomic E-state index is 13.5. The molecule has 30 heavy (non-hydrogen) atoms. The molecule has 2 bridgehead atoms. The van der Waals surface area contributed by atoms with E-state index in [1.54, 1.807) is 24.3 Å². The predicted molar refractivity (Wildman–Crippen MR) is 133 cm³/mol. The van der Waals surface area contributed by atoms with Gasteiger partial charge in [0.25, 0.3) is 0 Å². The van der Waals surface area contributed by atoms with Crippen LogP contribution in [0.3, 0.4) is 0 Å². The first kappa shape index (κ1) is 22.3. The van der Waals surface area contributed by atoms with Crippen LogP contribution in [0.1, 0.15) is 24.0 Å². The number of ketones is 1. The zero-order chi connectivity index (χ0) is 21.7. The van der Waals surface area contributed by atoms with Crippen molar-refractivity contribution in [3.63, 3.8) is 0 Å². The first-order valence-corrected chi connectivity index (χ1v) is 12.4. The van der Waals surface area contributed by atoms with Crippen LogP contribution in [0.2, 0.25) is 0 Å². The van der Waals surface area contributed by atoms with E-state index in [-0.39, 0.29) is 29.4 Å². The molecule has 2 heterocycles. The van der Waals surface area contributed by atoms with Gasteiger partial charge >= 0.3 is 0 Å². The molecular weight excluding hydrogens is 646 g/mol. The molecule has 4 nitrogen and oxygen atoms in total. The van der Waals surface area contributed by atoms with Crippen LogP contribution >= 0.6 is 63.7 Å². The Labute approximate surface area is 208 Å². The molecule has 0 aromatic heterocycles. The van der Waals surface area contributed by atoms with Crippen molar-refractivity contribution >= 4 is 81.7 Å². The fourth-order valence-electron chi connectivity index (χ4n) is 4.18. The van der Waals surface area contributed by atoms with E-state index in [0.29, 0.717) is 17.9 Å². The maximum absolute atomic E-state index is 13.5. The topological polar surface area (TPSA) is 60.8 Å². The Hall–Kier alpha value is -0.930. The third-order valence-electron chi connectivity index (χ3n) is 5.66. The van der Waals surface area contributed by atoms with Gasteiger partial charge in [-0.3, -0.25) is 9.69 Å². The molecule has 2 aliphatic rings. The van der Waals surface area contributed by atoms with Crippen molar-refractivity contribution in [2.75, 3.05) is 7.05 Å². The monoisotopic (exact) mass is 659 g/mol. The number of phenolic OH excluding ortho intramolecular Hbond substituents is 2. The van der Waals surface area contributed by atoms with E-state index in [2.05, 4.69) is 75.7 Å². The van der Waals surface area contributed by atoms with Crippen molar-refractivity contribution < 1.29 is 15.0 Å². The number of piperidine rings is 1. The minimum Gasteiger partial charge on any atom is -0.506 e. The summed E-state index contributed by atoms with van der Waals surface area (Å²) in [6.07, 6.45) is 5.66. The molecule has 0 spiro atoms. The van der Waals surface area contributed by atoms with Gasteiger partial charge in [0.05, 0.1) is 17.9 Å². The number of fused-ring (bicyclic) bond motifs is 2. The first-order chi connectivity index (χ1) is 14.2. The number of carbonyl (C=O) groups is 1. The number of carbonyl (C=O) groups excluding carboxylic acids is 1. The highest BCUT2D eigenvalue weighted by atomic mass is 79.9. The van der Waals surface area contributed by atoms with E-state index in [1.165, 1.54) is 0 Å². The third kappa shape index (κ3) is 3.97. The van der Waals surface area contributed by atoms with E-state index in [1.807, 2.05) is 12.2 Å². The molecule has 8 heteroatoms. The van der Waals surface area contributed by atoms with Crippen LogP contribution in [-0.4, -0.2) is 40.0 Å². The molecule has 156 valence electrons. The largest absolute Gasteiger partial charge is 0.506 e. The predicted octanol–water partition coefficient (Wildman–Crippen LogP) is 6.66. The number of halogens is 4. The summed E-state index contributed by atoms with van der Waals surface area (Å²) >= 11 is 13.4. The Kier molecular flexibility index (Phi) is 6.34. The lowest BCUT2D eigenvalue weighted by atomic mass is 9.88. The van der Waals surface area contributed by atoms with Crippen LogP contribution in [0.4, 0.5) is 0 Å². The Morgan fingerprint density at radius 3 is 1.47 bits per heavy atom. The molecule has 2 atom stereocenters. The van der Waals surface area contributed by atoms with Crippen LogP contribution in [0.5, 0.6) is 11.5 Å². The van der Waals surface area contributed by atoms with Crippen molar-refractivity contribution in [2.45, 2.75) is 24.9 Å². The van der Waals surface area contributed by atoms with Gasteiger partial charge in [-0.2, -0.15) is 0 Å². The van der Waals surface area contributed by atoms with Gasteiger partial charge in [0.2, 0.25) is 0 Å². The standard InChI is InChI=1S/C22H17Br4NO3/c1-27-18-2-3-19(27)13(5-11-8-16(25)22(30)17(26)9-11)20(28)12(18)4-10-6-14(23)21(29)15(24)7-10/h4-9,18-19,29-30H,2-3H2,1H3/b12-4-,13-5+/t18-,19+/m1/s1. The summed E-state index contributed by atoms with van der Waals surface area (Å²) in [6.45, 7) is 0. The second kappa shape index (κ2) is 8.54. The lowest BCUT2D eigenvalue weighted by Crippen LogP contribution is -2.43. The van der Waals surface area contributed by atoms with Crippen molar-refractivity contribution in [2.24, 2.45) is 0 Å². The molecule has 2 saturated heterocycles. The van der Waals surface area contributed by atoms with E-state index in [9.17, 15) is 15.0 Å². The van der Waals surface area contributed by atoms with Crippen molar-refractivity contribution in [1.29, 1.82) is 0 Å². The average Bonchev–Trinajstić information content (AvgIpc) is 3.00. The fourth-order valence-corrected chi connectivity index (χ4v) is 6.62. The maximum Gasteiger partial charge on any atom is 0.188 e. The molecule has 2 N–H and O–H groups in total. The van der Waals surface area contributed by atoms with Gasteiger partial charge in [0.1, 0.15) is 11.5 Å². The van der Waals surface area contributed by atoms with E-state index >= 15 is 0 Å². The van der Waals surface area contributed by atoms with Gasteiger partial charge in [0, 0.05) is 23.2 Å². The van der Waals surface area contributed by atoms with Gasteiger partial charge < -0.3 is 10.2 Å². The first-order valence-electron chi connectivity index (χ1n) is 9.23. The summed E-state index contributed by atoms with van der Waals surface area (Å²) < 4.78 is 2.27. The minimum atomic E-state index is 0.0428. The highest BCUT2D eigenvalue weighted by Crippen LogP contribution is 2.42. The van der Waals surface area contributed by atoms with Gasteiger partial charge in [-0.05, 0) is 131 Å². The number of rotatable bonds is 2. The summed E-state index contributed by atoms with van der Waals surface area (Å²) in [5, 5.41) is 20.0. The molecular formula is C22H17Br4NO3. The van der Waals surface area contributed by atoms with Crippen LogP contribution in [0, 0.1) is 0 Å². The van der Waals surface area contributed by atoms with Gasteiger partial charge in [0.15, 0.2) is 5.78 Å². The molecule has 0 saturated carbocycles. The molecule has 0 amide bonds. The molecule has 0 unspecified atom stereocenters. The molecule has 2 aromatic carbocycles. The van der Waals surface area contributed by atoms with Crippen LogP contribution in [0.15, 0.2) is 53.3 Å². The van der Waals surface area contributed by atoms with Gasteiger partial charge in [-0.1, -0.05) is 0 Å². The van der Waals surface area contributed by atoms with Crippen molar-refractivity contribution in [1.82, 2.24) is 4.90 Å². The fraction of sp³-hybridized carbons (Fsp3) is 0.227. The van der Waals surface area contributed by atoms with Gasteiger partial charge in [-0.25, -0.2) is 0 Å². The number of hydrogen-bond donors (Lipinski definition) is 2. The molecule has 2 aromatic rings. The number of phenols is 2. The number of benzene rings is 2. The van der Waals surface area contributed by atoms with E-state index < -0.39 is 0 Å². The van der Waals surface area contributed by atoms with E-state index in [0.717, 1.165) is 35.1 Å². The van der Waals surface area contributed by atoms with Crippen LogP contribution in [0.25, 0.3) is 12.2 Å². The van der Waals surface area contributed by atoms with Gasteiger partial charge in [-0.15, -0.1) is 0 Å². The number of hydrogen-bond acceptors (Lipinski definition) is 4. The summed E-state index contributed by atoms with van der Waals surface area (Å²) in [7, 11) is 2.06. The molecule has 4 rings (SSSR count). The highest BCUT2D eigenvalue weighted by Gasteiger charge is 2.44. The number of nitrogens with zero attached hydrogens (tertiary/aromatic N) is 1. The summed E-state index contributed by atoms with van der Waals surface area (Å²) in [5.41, 5.74) is 3.17. The quantitative estimate of drug-likeness (QED) is 0.353. The highest BCUT2D eigenvalue weighted by molar-refractivity contribution is 9.11. The third-order valence-corrected chi connectivity index (χ3v) is 8.08. The lowest BCUT2D eigenvalue weighted by molar-refractivity contribution is -0.114. The Bertz CT molecular complexity index is 994. The second-order valence-corrected chi connectivity index (χ2v) is 10.9. The van der Waals surface area contributed by atoms with Crippen LogP contribution < -0.4 is 0 Å². The molecule has 0 radical (unpaired) electrons. The number of aromatic hydroxyl groups is 2. The molecule has 0 aliphatic carbocycles. The normalized spacial score (nSPS) is 24.2. The lowest BCUT2D eigenvalue weighted by Gasteiger charge is -2.34. The Balaban J connectivity index is 1.80. The SMILES string of the molecule is CN1[C@@H]2CC[C@H]1/C(=C\c1cc(Br)c(O)c(Br)c1)C(=O)/C2=C\c1cc(Br)c(O)c(Br)c1. The Morgan fingerprint density at radius 2 is 1.13 bits per heavy atom. The van der Waals surface area contributed by atoms with Crippen molar-refractivity contribution in [3.05, 3.63) is 64.4 Å². The zero-order valence-electron chi connectivity index (χ0n) is 15.8. The molecule has 2 fully saturated rings. The number of Topliss-reactive ketones (excluding diaryl/α,β-unsaturated/α-hetero) is 1. The summed E-state index contributed by atoms with van der Waals surface area (Å²) in [4.78, 5) is 15.8. The number of likely N-dealkylation sites (N-methyl/N-ethyl adjacent to an activating group) is 1. The average molecular weight is 663 g/mol. The van der Waals surface area contributed by atoms with Crippen molar-refractivity contribution in [3.8, 4) is 11.5 Å². The zero-order valence-corrected chi connectivity index (χ0v) is 22.1. The smallest absolute Gasteiger partial charge is 0.188 e. The second-order valence-electron chi connectivity index (χ2n) is 7.47. The molecule has 2 aliphatic heterocycles. The summed E-state index contributed by atoms with van der Waals surface area (Å²) in [5.74, 6) is 0.310. The van der Waals surface area contributed by atoms with E-state index in [4.69, 9.17) is 0 Å². The Morgan fingerprint density at radius 1 is 0.800 bits per heavy atom. The van der Waals surface area contributed by atoms with Crippen LogP contribution in [-0.2, 0) is 4.79 Å². The minimum absolute atomic E-state index is 0.0428. The summed E-state index contributed by atoms with van der Waals surface area (Å²) in [6, 6.07) is 7.37.